The second kappa shape index (κ2) is 5.20. The Morgan fingerprint density at radius 1 is 1.40 bits per heavy atom. The molecule has 3 aromatic rings. The van der Waals surface area contributed by atoms with E-state index in [9.17, 15) is 0 Å². The third-order valence-corrected chi connectivity index (χ3v) is 3.03. The quantitative estimate of drug-likeness (QED) is 0.759. The fourth-order valence-corrected chi connectivity index (χ4v) is 2.16. The molecule has 0 radical (unpaired) electrons. The lowest BCUT2D eigenvalue weighted by Crippen LogP contribution is -2.05. The lowest BCUT2D eigenvalue weighted by atomic mass is 10.3. The van der Waals surface area contributed by atoms with Gasteiger partial charge in [-0.3, -0.25) is 0 Å². The van der Waals surface area contributed by atoms with Crippen molar-refractivity contribution in [2.75, 3.05) is 12.3 Å². The number of nitrogens with two attached hydrogens (primary N) is 1. The minimum atomic E-state index is 0.451. The van der Waals surface area contributed by atoms with Crippen molar-refractivity contribution in [2.45, 2.75) is 19.9 Å². The van der Waals surface area contributed by atoms with Gasteiger partial charge in [-0.15, -0.1) is 0 Å². The van der Waals surface area contributed by atoms with Crippen LogP contribution < -0.4 is 10.5 Å². The first kappa shape index (κ1) is 12.5. The molecule has 2 N–H and O–H groups in total. The number of hydrogen-bond acceptors (Lipinski definition) is 6. The summed E-state index contributed by atoms with van der Waals surface area (Å²) in [6.07, 6.45) is 1.99. The summed E-state index contributed by atoms with van der Waals surface area (Å²) in [7, 11) is 0. The van der Waals surface area contributed by atoms with E-state index in [0.717, 1.165) is 16.8 Å². The van der Waals surface area contributed by atoms with Crippen LogP contribution in [0.2, 0.25) is 0 Å². The normalized spacial score (nSPS) is 11.1. The first-order chi connectivity index (χ1) is 9.79. The Morgan fingerprint density at radius 3 is 3.05 bits per heavy atom. The molecular formula is C13H15N5O2. The highest BCUT2D eigenvalue weighted by molar-refractivity contribution is 5.84. The van der Waals surface area contributed by atoms with E-state index in [4.69, 9.17) is 15.0 Å². The van der Waals surface area contributed by atoms with E-state index in [1.807, 2.05) is 29.7 Å². The van der Waals surface area contributed by atoms with Crippen LogP contribution in [0.15, 0.2) is 29.0 Å². The Hall–Kier alpha value is -2.57. The second-order valence-electron chi connectivity index (χ2n) is 4.26. The monoisotopic (exact) mass is 273 g/mol. The van der Waals surface area contributed by atoms with E-state index in [0.29, 0.717) is 31.4 Å². The fourth-order valence-electron chi connectivity index (χ4n) is 2.16. The molecule has 3 rings (SSSR count). The van der Waals surface area contributed by atoms with Gasteiger partial charge in [0.05, 0.1) is 12.1 Å². The summed E-state index contributed by atoms with van der Waals surface area (Å²) in [5.74, 6) is 1.77. The van der Waals surface area contributed by atoms with Gasteiger partial charge in [-0.1, -0.05) is 11.2 Å². The van der Waals surface area contributed by atoms with Crippen molar-refractivity contribution in [3.8, 4) is 5.75 Å². The first-order valence-electron chi connectivity index (χ1n) is 6.42. The number of hydrogen-bond donors (Lipinski definition) is 1. The molecule has 0 spiro atoms. The highest BCUT2D eigenvalue weighted by Gasteiger charge is 2.13. The van der Waals surface area contributed by atoms with Gasteiger partial charge in [0.25, 0.3) is 0 Å². The molecule has 0 aliphatic heterocycles. The van der Waals surface area contributed by atoms with Crippen LogP contribution in [0.25, 0.3) is 11.0 Å². The van der Waals surface area contributed by atoms with E-state index >= 15 is 0 Å². The van der Waals surface area contributed by atoms with Gasteiger partial charge in [0.2, 0.25) is 11.8 Å². The van der Waals surface area contributed by atoms with Crippen molar-refractivity contribution in [1.82, 2.24) is 19.7 Å². The molecule has 0 amide bonds. The molecule has 0 unspecified atom stereocenters. The zero-order valence-electron chi connectivity index (χ0n) is 11.1. The molecule has 1 aromatic carbocycles. The third-order valence-electron chi connectivity index (χ3n) is 3.03. The number of rotatable bonds is 5. The van der Waals surface area contributed by atoms with Crippen molar-refractivity contribution >= 4 is 17.0 Å². The number of imidazole rings is 1. The van der Waals surface area contributed by atoms with Gasteiger partial charge in [-0.05, 0) is 19.1 Å². The highest BCUT2D eigenvalue weighted by Crippen LogP contribution is 2.27. The van der Waals surface area contributed by atoms with E-state index in [1.165, 1.54) is 6.33 Å². The Kier molecular flexibility index (Phi) is 3.24. The average Bonchev–Trinajstić information content (AvgIpc) is 3.05. The van der Waals surface area contributed by atoms with E-state index < -0.39 is 0 Å². The number of fused-ring (bicyclic) bond motifs is 1. The van der Waals surface area contributed by atoms with Crippen LogP contribution in [0.5, 0.6) is 5.75 Å². The minimum absolute atomic E-state index is 0.451. The Morgan fingerprint density at radius 2 is 2.30 bits per heavy atom. The van der Waals surface area contributed by atoms with Gasteiger partial charge in [0, 0.05) is 13.0 Å². The summed E-state index contributed by atoms with van der Waals surface area (Å²) < 4.78 is 12.5. The van der Waals surface area contributed by atoms with Crippen molar-refractivity contribution in [3.63, 3.8) is 0 Å². The molecule has 0 saturated heterocycles. The molecule has 0 saturated carbocycles. The van der Waals surface area contributed by atoms with E-state index in [-0.39, 0.29) is 0 Å². The lowest BCUT2D eigenvalue weighted by Gasteiger charge is -2.05. The van der Waals surface area contributed by atoms with Crippen LogP contribution in [-0.4, -0.2) is 26.3 Å². The number of aromatic nitrogens is 4. The molecule has 0 fully saturated rings. The summed E-state index contributed by atoms with van der Waals surface area (Å²) in [5, 5.41) is 3.58. The van der Waals surface area contributed by atoms with Gasteiger partial charge >= 0.3 is 0 Å². The molecule has 0 atom stereocenters. The zero-order valence-corrected chi connectivity index (χ0v) is 11.1. The van der Waals surface area contributed by atoms with Crippen LogP contribution in [0.3, 0.4) is 0 Å². The smallest absolute Gasteiger partial charge is 0.228 e. The van der Waals surface area contributed by atoms with Gasteiger partial charge < -0.3 is 19.6 Å². The summed E-state index contributed by atoms with van der Waals surface area (Å²) in [6, 6.07) is 5.79. The minimum Gasteiger partial charge on any atom is -0.492 e. The predicted octanol–water partition coefficient (Wildman–Crippen LogP) is 1.64. The lowest BCUT2D eigenvalue weighted by molar-refractivity contribution is 0.343. The highest BCUT2D eigenvalue weighted by atomic mass is 16.5. The number of nitrogens with zero attached hydrogens (tertiary/aromatic N) is 4. The first-order valence-corrected chi connectivity index (χ1v) is 6.42. The zero-order chi connectivity index (χ0) is 13.9. The van der Waals surface area contributed by atoms with Gasteiger partial charge in [-0.2, -0.15) is 4.98 Å². The van der Waals surface area contributed by atoms with Crippen molar-refractivity contribution < 1.29 is 9.26 Å². The van der Waals surface area contributed by atoms with Crippen LogP contribution in [0, 0.1) is 0 Å². The third kappa shape index (κ3) is 2.18. The molecule has 104 valence electrons. The molecule has 2 aromatic heterocycles. The maximum absolute atomic E-state index is 5.99. The van der Waals surface area contributed by atoms with E-state index in [2.05, 4.69) is 15.1 Å². The maximum atomic E-state index is 5.99. The predicted molar refractivity (Wildman–Crippen MR) is 73.3 cm³/mol. The number of anilines is 1. The number of ether oxygens (including phenoxy) is 1. The fraction of sp³-hybridized carbons (Fsp3) is 0.308. The molecule has 0 bridgehead atoms. The van der Waals surface area contributed by atoms with Crippen LogP contribution in [0.1, 0.15) is 12.8 Å². The Balaban J connectivity index is 1.94. The van der Waals surface area contributed by atoms with Crippen LogP contribution in [-0.2, 0) is 13.0 Å². The van der Waals surface area contributed by atoms with Gasteiger partial charge in [0.15, 0.2) is 6.33 Å². The molecule has 2 heterocycles. The van der Waals surface area contributed by atoms with Gasteiger partial charge in [-0.25, -0.2) is 4.98 Å². The molecular weight excluding hydrogens is 258 g/mol. The van der Waals surface area contributed by atoms with Crippen molar-refractivity contribution in [3.05, 3.63) is 30.4 Å². The number of benzene rings is 1. The van der Waals surface area contributed by atoms with E-state index in [1.54, 1.807) is 0 Å². The molecule has 7 heteroatoms. The maximum Gasteiger partial charge on any atom is 0.228 e. The Labute approximate surface area is 115 Å². The molecule has 0 aliphatic carbocycles. The van der Waals surface area contributed by atoms with Crippen LogP contribution >= 0.6 is 0 Å². The summed E-state index contributed by atoms with van der Waals surface area (Å²) in [6.45, 7) is 3.16. The summed E-state index contributed by atoms with van der Waals surface area (Å²) >= 11 is 0. The van der Waals surface area contributed by atoms with Gasteiger partial charge in [0.1, 0.15) is 11.3 Å². The molecule has 7 nitrogen and oxygen atoms in total. The number of aryl methyl sites for hydroxylation is 2. The SMILES string of the molecule is CCOc1cccc2c1nc(N)n2CCc1ncno1. The van der Waals surface area contributed by atoms with Crippen LogP contribution in [0.4, 0.5) is 5.95 Å². The van der Waals surface area contributed by atoms with Crippen molar-refractivity contribution in [2.24, 2.45) is 0 Å². The summed E-state index contributed by atoms with van der Waals surface area (Å²) in [4.78, 5) is 8.38. The standard InChI is InChI=1S/C13H15N5O2/c1-2-19-10-5-3-4-9-12(10)17-13(14)18(9)7-6-11-15-8-16-20-11/h3-5,8H,2,6-7H2,1H3,(H2,14,17). The molecule has 0 aliphatic rings. The molecule has 20 heavy (non-hydrogen) atoms. The number of para-hydroxylation sites is 1. The average molecular weight is 273 g/mol. The van der Waals surface area contributed by atoms with Crippen molar-refractivity contribution in [1.29, 1.82) is 0 Å². The largest absolute Gasteiger partial charge is 0.492 e. The summed E-state index contributed by atoms with van der Waals surface area (Å²) in [5.41, 5.74) is 7.70. The topological polar surface area (TPSA) is 92.0 Å². The number of nitrogen functional groups attached to an aromatic ring is 1. The Bertz CT molecular complexity index is 705. The second-order valence-corrected chi connectivity index (χ2v) is 4.26.